The van der Waals surface area contributed by atoms with Gasteiger partial charge in [-0.3, -0.25) is 29.4 Å². The smallest absolute Gasteiger partial charge is 0.274 e. The van der Waals surface area contributed by atoms with Gasteiger partial charge in [0.25, 0.3) is 5.69 Å². The number of hydrogen-bond acceptors (Lipinski definition) is 6. The van der Waals surface area contributed by atoms with Gasteiger partial charge in [-0.25, -0.2) is 4.90 Å². The van der Waals surface area contributed by atoms with Gasteiger partial charge in [-0.05, 0) is 57.4 Å². The highest BCUT2D eigenvalue weighted by Crippen LogP contribution is 2.61. The van der Waals surface area contributed by atoms with Crippen LogP contribution in [0.25, 0.3) is 0 Å². The number of nitro benzene ring substituents is 1. The van der Waals surface area contributed by atoms with Gasteiger partial charge in [0.2, 0.25) is 17.7 Å². The number of imide groups is 1. The monoisotopic (exact) mass is 460 g/mol. The summed E-state index contributed by atoms with van der Waals surface area (Å²) >= 11 is 0. The van der Waals surface area contributed by atoms with Gasteiger partial charge in [-0.15, -0.1) is 0 Å². The fraction of sp³-hybridized carbons (Fsp3) is 0.400. The number of anilines is 2. The van der Waals surface area contributed by atoms with E-state index in [2.05, 4.69) is 10.2 Å². The summed E-state index contributed by atoms with van der Waals surface area (Å²) in [6, 6.07) is 8.04. The van der Waals surface area contributed by atoms with E-state index in [9.17, 15) is 24.5 Å². The number of benzene rings is 2. The zero-order chi connectivity index (χ0) is 24.1. The normalized spacial score (nSPS) is 29.6. The molecule has 34 heavy (non-hydrogen) atoms. The molecule has 3 fully saturated rings. The standard InChI is InChI=1S/C25H24N4O5/c1-12-9-10-15-21(13(12)2)26-24(32)25(15)20-19(18-8-5-11-27(18)25)22(30)28(23(20)31)16-6-4-7-17(14(16)3)29(33)34/h4,6-7,9-10,18-20H,5,8,11H2,1-3H3,(H,26,32)/t18-,19-,20+,25+/m1/s1. The number of carbonyl (C=O) groups is 3. The molecule has 9 heteroatoms. The van der Waals surface area contributed by atoms with Crippen molar-refractivity contribution in [2.24, 2.45) is 11.8 Å². The van der Waals surface area contributed by atoms with Gasteiger partial charge in [0.1, 0.15) is 5.54 Å². The van der Waals surface area contributed by atoms with Crippen molar-refractivity contribution in [1.82, 2.24) is 4.90 Å². The molecule has 0 unspecified atom stereocenters. The summed E-state index contributed by atoms with van der Waals surface area (Å²) in [6.07, 6.45) is 1.55. The quantitative estimate of drug-likeness (QED) is 0.419. The average Bonchev–Trinajstić information content (AvgIpc) is 3.50. The van der Waals surface area contributed by atoms with E-state index in [-0.39, 0.29) is 34.8 Å². The molecule has 0 aliphatic carbocycles. The Bertz CT molecular complexity index is 1340. The summed E-state index contributed by atoms with van der Waals surface area (Å²) in [5, 5.41) is 14.5. The van der Waals surface area contributed by atoms with Crippen molar-refractivity contribution in [1.29, 1.82) is 0 Å². The second-order valence-electron chi connectivity index (χ2n) is 9.75. The number of amides is 3. The highest BCUT2D eigenvalue weighted by molar-refractivity contribution is 6.26. The molecule has 4 atom stereocenters. The summed E-state index contributed by atoms with van der Waals surface area (Å²) in [5.74, 6) is -2.67. The molecule has 9 nitrogen and oxygen atoms in total. The predicted octanol–water partition coefficient (Wildman–Crippen LogP) is 2.95. The van der Waals surface area contributed by atoms with Crippen molar-refractivity contribution in [3.8, 4) is 0 Å². The predicted molar refractivity (Wildman–Crippen MR) is 123 cm³/mol. The van der Waals surface area contributed by atoms with E-state index >= 15 is 0 Å². The fourth-order valence-electron chi connectivity index (χ4n) is 6.81. The van der Waals surface area contributed by atoms with Crippen molar-refractivity contribution in [2.75, 3.05) is 16.8 Å². The summed E-state index contributed by atoms with van der Waals surface area (Å²) in [4.78, 5) is 55.8. The Morgan fingerprint density at radius 3 is 2.56 bits per heavy atom. The Morgan fingerprint density at radius 1 is 1.06 bits per heavy atom. The molecule has 1 spiro atoms. The minimum atomic E-state index is -1.25. The van der Waals surface area contributed by atoms with E-state index in [1.807, 2.05) is 26.0 Å². The van der Waals surface area contributed by atoms with Crippen LogP contribution in [0.3, 0.4) is 0 Å². The van der Waals surface area contributed by atoms with Crippen LogP contribution in [0.4, 0.5) is 17.1 Å². The van der Waals surface area contributed by atoms with E-state index in [1.54, 1.807) is 13.0 Å². The lowest BCUT2D eigenvalue weighted by atomic mass is 9.75. The van der Waals surface area contributed by atoms with Gasteiger partial charge >= 0.3 is 0 Å². The van der Waals surface area contributed by atoms with Crippen LogP contribution in [0.2, 0.25) is 0 Å². The van der Waals surface area contributed by atoms with Gasteiger partial charge < -0.3 is 5.32 Å². The molecule has 4 aliphatic rings. The minimum Gasteiger partial charge on any atom is -0.324 e. The number of nitrogens with zero attached hydrogens (tertiary/aromatic N) is 3. The molecule has 0 aromatic heterocycles. The highest BCUT2D eigenvalue weighted by atomic mass is 16.6. The Balaban J connectivity index is 1.56. The lowest BCUT2D eigenvalue weighted by Gasteiger charge is -2.36. The van der Waals surface area contributed by atoms with Crippen molar-refractivity contribution in [3.05, 3.63) is 62.7 Å². The first-order valence-electron chi connectivity index (χ1n) is 11.5. The van der Waals surface area contributed by atoms with Crippen LogP contribution in [0.5, 0.6) is 0 Å². The first-order chi connectivity index (χ1) is 16.2. The molecular weight excluding hydrogens is 436 g/mol. The molecule has 1 N–H and O–H groups in total. The van der Waals surface area contributed by atoms with Crippen molar-refractivity contribution in [2.45, 2.75) is 45.2 Å². The zero-order valence-corrected chi connectivity index (χ0v) is 19.1. The second-order valence-corrected chi connectivity index (χ2v) is 9.75. The Labute approximate surface area is 195 Å². The zero-order valence-electron chi connectivity index (χ0n) is 19.1. The van der Waals surface area contributed by atoms with Crippen LogP contribution < -0.4 is 10.2 Å². The third-order valence-corrected chi connectivity index (χ3v) is 8.41. The number of aryl methyl sites for hydroxylation is 1. The number of nitrogens with one attached hydrogen (secondary N) is 1. The van der Waals surface area contributed by atoms with Crippen molar-refractivity contribution >= 4 is 34.8 Å². The average molecular weight is 460 g/mol. The summed E-state index contributed by atoms with van der Waals surface area (Å²) < 4.78 is 0. The number of nitro groups is 1. The largest absolute Gasteiger partial charge is 0.324 e. The van der Waals surface area contributed by atoms with Gasteiger partial charge in [0.15, 0.2) is 0 Å². The highest BCUT2D eigenvalue weighted by Gasteiger charge is 2.74. The molecule has 6 rings (SSSR count). The minimum absolute atomic E-state index is 0.151. The van der Waals surface area contributed by atoms with E-state index in [0.717, 1.165) is 40.1 Å². The van der Waals surface area contributed by atoms with E-state index in [4.69, 9.17) is 0 Å². The van der Waals surface area contributed by atoms with Crippen LogP contribution in [0.15, 0.2) is 30.3 Å². The van der Waals surface area contributed by atoms with Gasteiger partial charge in [-0.2, -0.15) is 0 Å². The lowest BCUT2D eigenvalue weighted by molar-refractivity contribution is -0.385. The van der Waals surface area contributed by atoms with Crippen molar-refractivity contribution in [3.63, 3.8) is 0 Å². The Morgan fingerprint density at radius 2 is 1.82 bits per heavy atom. The van der Waals surface area contributed by atoms with Gasteiger partial charge in [0.05, 0.1) is 28.0 Å². The molecule has 0 bridgehead atoms. The summed E-state index contributed by atoms with van der Waals surface area (Å²) in [5.41, 5.74) is 2.53. The fourth-order valence-corrected chi connectivity index (χ4v) is 6.81. The maximum Gasteiger partial charge on any atom is 0.274 e. The maximum absolute atomic E-state index is 14.1. The SMILES string of the molecule is Cc1ccc2c(c1C)NC(=O)[C@@]21[C@@H]2C(=O)N(c3cccc([N+](=O)[O-])c3C)C(=O)[C@@H]2[C@H]2CCCN21. The lowest BCUT2D eigenvalue weighted by Crippen LogP contribution is -2.54. The molecule has 4 heterocycles. The third kappa shape index (κ3) is 2.25. The van der Waals surface area contributed by atoms with Gasteiger partial charge in [-0.1, -0.05) is 18.2 Å². The van der Waals surface area contributed by atoms with Crippen LogP contribution in [-0.4, -0.2) is 40.1 Å². The van der Waals surface area contributed by atoms with Gasteiger partial charge in [0, 0.05) is 23.4 Å². The van der Waals surface area contributed by atoms with Crippen molar-refractivity contribution < 1.29 is 19.3 Å². The molecule has 3 saturated heterocycles. The Kier molecular flexibility index (Phi) is 4.15. The molecule has 174 valence electrons. The molecule has 0 saturated carbocycles. The Hall–Kier alpha value is -3.59. The van der Waals surface area contributed by atoms with E-state index in [1.165, 1.54) is 12.1 Å². The van der Waals surface area contributed by atoms with Crippen LogP contribution in [0, 0.1) is 42.7 Å². The maximum atomic E-state index is 14.1. The summed E-state index contributed by atoms with van der Waals surface area (Å²) in [7, 11) is 0. The van der Waals surface area contributed by atoms with Crippen LogP contribution in [0.1, 0.15) is 35.1 Å². The third-order valence-electron chi connectivity index (χ3n) is 8.41. The first-order valence-corrected chi connectivity index (χ1v) is 11.5. The molecule has 4 aliphatic heterocycles. The van der Waals surface area contributed by atoms with E-state index in [0.29, 0.717) is 6.54 Å². The van der Waals surface area contributed by atoms with E-state index < -0.39 is 28.2 Å². The summed E-state index contributed by atoms with van der Waals surface area (Å²) in [6.45, 7) is 6.10. The molecule has 2 aromatic rings. The molecular formula is C25H24N4O5. The number of fused-ring (bicyclic) bond motifs is 7. The number of hydrogen-bond donors (Lipinski definition) is 1. The second kappa shape index (κ2) is 6.73. The first kappa shape index (κ1) is 21.0. The number of rotatable bonds is 2. The molecule has 2 aromatic carbocycles. The molecule has 3 amide bonds. The van der Waals surface area contributed by atoms with Crippen LogP contribution in [-0.2, 0) is 19.9 Å². The number of carbonyl (C=O) groups excluding carboxylic acids is 3. The molecule has 0 radical (unpaired) electrons. The van der Waals surface area contributed by atoms with Crippen LogP contribution >= 0.6 is 0 Å². The topological polar surface area (TPSA) is 113 Å².